The molecule has 0 saturated heterocycles. The van der Waals surface area contributed by atoms with Crippen LogP contribution in [-0.2, 0) is 4.79 Å². The molecule has 0 heterocycles. The molecule has 0 atom stereocenters. The molecule has 1 aliphatic carbocycles. The van der Waals surface area contributed by atoms with E-state index in [9.17, 15) is 9.90 Å². The number of carbonyl (C=O) groups excluding carboxylic acids is 1. The summed E-state index contributed by atoms with van der Waals surface area (Å²) in [7, 11) is 0. The third-order valence-corrected chi connectivity index (χ3v) is 2.55. The van der Waals surface area contributed by atoms with Crippen molar-refractivity contribution < 1.29 is 9.90 Å². The highest BCUT2D eigenvalue weighted by Crippen LogP contribution is 2.36. The second-order valence-corrected chi connectivity index (χ2v) is 4.81. The zero-order valence-electron chi connectivity index (χ0n) is 8.18. The van der Waals surface area contributed by atoms with Gasteiger partial charge in [-0.3, -0.25) is 4.79 Å². The quantitative estimate of drug-likeness (QED) is 0.658. The van der Waals surface area contributed by atoms with E-state index in [2.05, 4.69) is 0 Å². The van der Waals surface area contributed by atoms with Crippen molar-refractivity contribution in [2.75, 3.05) is 0 Å². The molecule has 13 heavy (non-hydrogen) atoms. The fourth-order valence-corrected chi connectivity index (χ4v) is 2.34. The lowest BCUT2D eigenvalue weighted by atomic mass is 9.76. The lowest BCUT2D eigenvalue weighted by Crippen LogP contribution is -2.27. The molecule has 72 valence electrons. The van der Waals surface area contributed by atoms with Gasteiger partial charge in [-0.1, -0.05) is 26.1 Å². The Kier molecular flexibility index (Phi) is 2.57. The summed E-state index contributed by atoms with van der Waals surface area (Å²) in [5.74, 6) is 0.0340. The van der Waals surface area contributed by atoms with Crippen LogP contribution in [-0.4, -0.2) is 15.8 Å². The van der Waals surface area contributed by atoms with E-state index in [0.29, 0.717) is 23.3 Å². The summed E-state index contributed by atoms with van der Waals surface area (Å²) in [5.41, 5.74) is 0.356. The Balaban J connectivity index is 3.09. The van der Waals surface area contributed by atoms with Gasteiger partial charge in [0.1, 0.15) is 5.76 Å². The van der Waals surface area contributed by atoms with E-state index in [1.807, 2.05) is 13.8 Å². The molecule has 1 N–H and O–H groups in total. The van der Waals surface area contributed by atoms with E-state index in [1.165, 1.54) is 6.92 Å². The van der Waals surface area contributed by atoms with Crippen LogP contribution in [0.15, 0.2) is 11.3 Å². The number of carbonyl (C=O) groups is 1. The third kappa shape index (κ3) is 2.15. The van der Waals surface area contributed by atoms with E-state index in [0.717, 1.165) is 0 Å². The topological polar surface area (TPSA) is 37.3 Å². The number of rotatable bonds is 1. The molecule has 0 bridgehead atoms. The number of Topliss-reactive ketones (excluding diaryl/α,β-unsaturated/α-hetero) is 1. The largest absolute Gasteiger partial charge is 0.511 e. The first-order valence-electron chi connectivity index (χ1n) is 4.30. The highest BCUT2D eigenvalue weighted by atomic mass is 32.1. The number of aliphatic hydroxyl groups excluding tert-OH is 1. The van der Waals surface area contributed by atoms with Gasteiger partial charge in [0.2, 0.25) is 0 Å². The average Bonchev–Trinajstić information content (AvgIpc) is 1.78. The molecule has 1 aliphatic rings. The third-order valence-electron chi connectivity index (χ3n) is 2.20. The number of hydrogen-bond donors (Lipinski definition) is 1. The maximum Gasteiger partial charge on any atom is 0.164 e. The first-order chi connectivity index (χ1) is 5.83. The minimum atomic E-state index is -0.127. The molecule has 0 saturated carbocycles. The van der Waals surface area contributed by atoms with Crippen LogP contribution in [0.3, 0.4) is 0 Å². The van der Waals surface area contributed by atoms with Crippen LogP contribution in [0, 0.1) is 5.41 Å². The first kappa shape index (κ1) is 10.4. The van der Waals surface area contributed by atoms with Crippen molar-refractivity contribution in [3.05, 3.63) is 11.3 Å². The van der Waals surface area contributed by atoms with Crippen molar-refractivity contribution in [1.29, 1.82) is 0 Å². The number of hydrogen-bond acceptors (Lipinski definition) is 3. The summed E-state index contributed by atoms with van der Waals surface area (Å²) in [6.45, 7) is 5.51. The fourth-order valence-electron chi connectivity index (χ4n) is 1.69. The number of aliphatic hydroxyl groups is 1. The standard InChI is InChI=1S/C10H14O2S/c1-6(11)9-7(12)4-10(2,3)5-8(9)13/h12H,4-5H2,1-3H3. The van der Waals surface area contributed by atoms with Crippen molar-refractivity contribution >= 4 is 22.9 Å². The van der Waals surface area contributed by atoms with Gasteiger partial charge < -0.3 is 5.11 Å². The van der Waals surface area contributed by atoms with Crippen molar-refractivity contribution in [3.63, 3.8) is 0 Å². The van der Waals surface area contributed by atoms with Gasteiger partial charge in [0.25, 0.3) is 0 Å². The van der Waals surface area contributed by atoms with E-state index < -0.39 is 0 Å². The zero-order chi connectivity index (χ0) is 10.2. The highest BCUT2D eigenvalue weighted by Gasteiger charge is 2.32. The van der Waals surface area contributed by atoms with E-state index in [-0.39, 0.29) is 17.0 Å². The zero-order valence-corrected chi connectivity index (χ0v) is 8.99. The van der Waals surface area contributed by atoms with E-state index >= 15 is 0 Å². The van der Waals surface area contributed by atoms with Gasteiger partial charge >= 0.3 is 0 Å². The van der Waals surface area contributed by atoms with Crippen LogP contribution >= 0.6 is 12.2 Å². The molecule has 0 unspecified atom stereocenters. The molecule has 0 aromatic rings. The summed E-state index contributed by atoms with van der Waals surface area (Å²) < 4.78 is 0. The van der Waals surface area contributed by atoms with Crippen LogP contribution in [0.5, 0.6) is 0 Å². The molecule has 3 heteroatoms. The molecule has 0 aromatic heterocycles. The number of thiocarbonyl (C=S) groups is 1. The lowest BCUT2D eigenvalue weighted by molar-refractivity contribution is -0.113. The van der Waals surface area contributed by atoms with Gasteiger partial charge in [-0.15, -0.1) is 0 Å². The Morgan fingerprint density at radius 2 is 2.00 bits per heavy atom. The van der Waals surface area contributed by atoms with E-state index in [4.69, 9.17) is 12.2 Å². The van der Waals surface area contributed by atoms with E-state index in [1.54, 1.807) is 0 Å². The monoisotopic (exact) mass is 198 g/mol. The second-order valence-electron chi connectivity index (χ2n) is 4.32. The minimum absolute atomic E-state index is 0.0138. The summed E-state index contributed by atoms with van der Waals surface area (Å²) >= 11 is 5.09. The maximum atomic E-state index is 11.1. The molecule has 0 spiro atoms. The Hall–Kier alpha value is -0.700. The van der Waals surface area contributed by atoms with Crippen molar-refractivity contribution in [2.24, 2.45) is 5.41 Å². The van der Waals surface area contributed by atoms with Crippen LogP contribution in [0.25, 0.3) is 0 Å². The molecular formula is C10H14O2S. The molecular weight excluding hydrogens is 184 g/mol. The van der Waals surface area contributed by atoms with Crippen molar-refractivity contribution in [1.82, 2.24) is 0 Å². The first-order valence-corrected chi connectivity index (χ1v) is 4.70. The summed E-state index contributed by atoms with van der Waals surface area (Å²) in [6.07, 6.45) is 1.25. The summed E-state index contributed by atoms with van der Waals surface area (Å²) in [4.78, 5) is 11.7. The highest BCUT2D eigenvalue weighted by molar-refractivity contribution is 7.81. The Labute approximate surface area is 83.6 Å². The van der Waals surface area contributed by atoms with Gasteiger partial charge in [0.05, 0.1) is 5.57 Å². The fraction of sp³-hybridized carbons (Fsp3) is 0.600. The lowest BCUT2D eigenvalue weighted by Gasteiger charge is -2.30. The van der Waals surface area contributed by atoms with Crippen LogP contribution in [0.2, 0.25) is 0 Å². The Morgan fingerprint density at radius 3 is 2.38 bits per heavy atom. The minimum Gasteiger partial charge on any atom is -0.511 e. The number of allylic oxidation sites excluding steroid dienone is 2. The van der Waals surface area contributed by atoms with Crippen molar-refractivity contribution in [3.8, 4) is 0 Å². The van der Waals surface area contributed by atoms with Gasteiger partial charge in [-0.2, -0.15) is 0 Å². The van der Waals surface area contributed by atoms with Crippen LogP contribution in [0.4, 0.5) is 0 Å². The maximum absolute atomic E-state index is 11.1. The van der Waals surface area contributed by atoms with Crippen molar-refractivity contribution in [2.45, 2.75) is 33.6 Å². The second kappa shape index (κ2) is 3.22. The predicted molar refractivity (Wildman–Crippen MR) is 55.9 cm³/mol. The molecule has 0 aliphatic heterocycles. The summed E-state index contributed by atoms with van der Waals surface area (Å²) in [5, 5.41) is 9.62. The average molecular weight is 198 g/mol. The van der Waals surface area contributed by atoms with Gasteiger partial charge in [0.15, 0.2) is 5.78 Å². The molecule has 0 radical (unpaired) electrons. The Morgan fingerprint density at radius 1 is 1.46 bits per heavy atom. The molecule has 0 fully saturated rings. The Bertz CT molecular complexity index is 300. The van der Waals surface area contributed by atoms with Gasteiger partial charge in [-0.25, -0.2) is 0 Å². The molecule has 2 nitrogen and oxygen atoms in total. The predicted octanol–water partition coefficient (Wildman–Crippen LogP) is 2.58. The SMILES string of the molecule is CC(=O)C1=C(O)CC(C)(C)CC1=S. The summed E-state index contributed by atoms with van der Waals surface area (Å²) in [6, 6.07) is 0. The molecule has 1 rings (SSSR count). The van der Waals surface area contributed by atoms with Crippen LogP contribution < -0.4 is 0 Å². The van der Waals surface area contributed by atoms with Crippen LogP contribution in [0.1, 0.15) is 33.6 Å². The smallest absolute Gasteiger partial charge is 0.164 e. The van der Waals surface area contributed by atoms with Gasteiger partial charge in [0, 0.05) is 11.3 Å². The molecule has 0 amide bonds. The molecule has 0 aromatic carbocycles. The number of ketones is 1. The normalized spacial score (nSPS) is 21.9. The van der Waals surface area contributed by atoms with Gasteiger partial charge in [-0.05, 0) is 18.8 Å².